The molecule has 0 radical (unpaired) electrons. The van der Waals surface area contributed by atoms with Crippen LogP contribution < -0.4 is 0 Å². The van der Waals surface area contributed by atoms with E-state index >= 15 is 0 Å². The summed E-state index contributed by atoms with van der Waals surface area (Å²) in [5.41, 5.74) is -0.572. The lowest BCUT2D eigenvalue weighted by Gasteiger charge is -2.30. The van der Waals surface area contributed by atoms with Crippen LogP contribution in [0.25, 0.3) is 0 Å². The maximum atomic E-state index is 12.3. The molecular formula is C15H13ClO3. The fraction of sp³-hybridized carbons (Fsp3) is 0.200. The number of carbonyl (C=O) groups excluding carboxylic acids is 2. The predicted molar refractivity (Wildman–Crippen MR) is 73.4 cm³/mol. The second-order valence-corrected chi connectivity index (χ2v) is 4.85. The van der Waals surface area contributed by atoms with E-state index in [1.165, 1.54) is 6.07 Å². The van der Waals surface area contributed by atoms with Crippen LogP contribution in [0.2, 0.25) is 5.02 Å². The third kappa shape index (κ3) is 2.47. The summed E-state index contributed by atoms with van der Waals surface area (Å²) in [6, 6.07) is 4.59. The first-order chi connectivity index (χ1) is 9.10. The van der Waals surface area contributed by atoms with Crippen molar-refractivity contribution in [3.8, 4) is 5.75 Å². The molecule has 1 N–H and O–H groups in total. The molecule has 1 atom stereocenters. The summed E-state index contributed by atoms with van der Waals surface area (Å²) < 4.78 is 0. The third-order valence-electron chi connectivity index (χ3n) is 3.27. The second-order valence-electron chi connectivity index (χ2n) is 4.42. The van der Waals surface area contributed by atoms with Crippen molar-refractivity contribution in [3.05, 3.63) is 53.1 Å². The van der Waals surface area contributed by atoms with Crippen LogP contribution in [0.15, 0.2) is 42.5 Å². The molecule has 1 unspecified atom stereocenters. The summed E-state index contributed by atoms with van der Waals surface area (Å²) in [6.07, 6.45) is 7.92. The molecule has 0 bridgehead atoms. The fourth-order valence-corrected chi connectivity index (χ4v) is 2.47. The van der Waals surface area contributed by atoms with E-state index in [0.717, 1.165) is 0 Å². The highest BCUT2D eigenvalue weighted by Crippen LogP contribution is 2.40. The van der Waals surface area contributed by atoms with Gasteiger partial charge < -0.3 is 9.90 Å². The normalized spacial score (nSPS) is 21.3. The van der Waals surface area contributed by atoms with Crippen LogP contribution in [-0.2, 0) is 15.0 Å². The van der Waals surface area contributed by atoms with Crippen molar-refractivity contribution in [2.24, 2.45) is 0 Å². The lowest BCUT2D eigenvalue weighted by atomic mass is 9.71. The first-order valence-corrected chi connectivity index (χ1v) is 6.28. The Kier molecular flexibility index (Phi) is 3.86. The van der Waals surface area contributed by atoms with Gasteiger partial charge in [0.1, 0.15) is 12.0 Å². The number of allylic oxidation sites excluding steroid dienone is 4. The summed E-state index contributed by atoms with van der Waals surface area (Å²) in [5.74, 6) is -0.246. The molecule has 1 aromatic carbocycles. The molecule has 0 aromatic heterocycles. The minimum atomic E-state index is -1.01. The number of hydrogen-bond donors (Lipinski definition) is 1. The zero-order chi connectivity index (χ0) is 13.9. The van der Waals surface area contributed by atoms with Gasteiger partial charge in [0.25, 0.3) is 0 Å². The van der Waals surface area contributed by atoms with Crippen LogP contribution in [0.3, 0.4) is 0 Å². The largest absolute Gasteiger partial charge is 0.508 e. The molecular weight excluding hydrogens is 264 g/mol. The molecule has 0 saturated carbocycles. The van der Waals surface area contributed by atoms with E-state index in [1.807, 2.05) is 12.2 Å². The molecule has 0 amide bonds. The van der Waals surface area contributed by atoms with Crippen molar-refractivity contribution >= 4 is 23.7 Å². The second kappa shape index (κ2) is 5.41. The van der Waals surface area contributed by atoms with Gasteiger partial charge in [-0.15, -0.1) is 0 Å². The molecule has 1 aliphatic rings. The Hall–Kier alpha value is -1.87. The Balaban J connectivity index is 2.58. The molecule has 3 nitrogen and oxygen atoms in total. The van der Waals surface area contributed by atoms with Gasteiger partial charge in [-0.2, -0.15) is 0 Å². The van der Waals surface area contributed by atoms with E-state index in [4.69, 9.17) is 11.6 Å². The van der Waals surface area contributed by atoms with Gasteiger partial charge in [-0.3, -0.25) is 4.79 Å². The number of ketones is 1. The summed E-state index contributed by atoms with van der Waals surface area (Å²) in [4.78, 5) is 22.9. The van der Waals surface area contributed by atoms with E-state index in [1.54, 1.807) is 24.3 Å². The highest BCUT2D eigenvalue weighted by atomic mass is 35.5. The molecule has 0 fully saturated rings. The number of rotatable bonds is 4. The Labute approximate surface area is 116 Å². The minimum Gasteiger partial charge on any atom is -0.508 e. The molecule has 0 heterocycles. The van der Waals surface area contributed by atoms with Crippen LogP contribution in [0.1, 0.15) is 18.4 Å². The monoisotopic (exact) mass is 276 g/mol. The SMILES string of the molecule is O=CCC(=O)C1(c2cc(Cl)ccc2O)C=CC=CC1. The summed E-state index contributed by atoms with van der Waals surface area (Å²) in [5, 5.41) is 10.5. The Morgan fingerprint density at radius 2 is 2.21 bits per heavy atom. The number of Topliss-reactive ketones (excluding diaryl/α,β-unsaturated/α-hetero) is 1. The van der Waals surface area contributed by atoms with Crippen molar-refractivity contribution in [1.29, 1.82) is 0 Å². The quantitative estimate of drug-likeness (QED) is 0.679. The van der Waals surface area contributed by atoms with Crippen LogP contribution in [0.5, 0.6) is 5.75 Å². The Morgan fingerprint density at radius 1 is 1.42 bits per heavy atom. The lowest BCUT2D eigenvalue weighted by Crippen LogP contribution is -2.34. The smallest absolute Gasteiger partial charge is 0.154 e. The zero-order valence-electron chi connectivity index (χ0n) is 10.2. The first-order valence-electron chi connectivity index (χ1n) is 5.90. The van der Waals surface area contributed by atoms with Gasteiger partial charge in [0.05, 0.1) is 11.8 Å². The van der Waals surface area contributed by atoms with Crippen molar-refractivity contribution in [3.63, 3.8) is 0 Å². The van der Waals surface area contributed by atoms with Crippen molar-refractivity contribution in [2.45, 2.75) is 18.3 Å². The molecule has 4 heteroatoms. The maximum Gasteiger partial charge on any atom is 0.154 e. The van der Waals surface area contributed by atoms with Crippen LogP contribution >= 0.6 is 11.6 Å². The molecule has 1 aromatic rings. The number of aromatic hydroxyl groups is 1. The highest BCUT2D eigenvalue weighted by molar-refractivity contribution is 6.30. The van der Waals surface area contributed by atoms with Gasteiger partial charge in [-0.25, -0.2) is 0 Å². The molecule has 0 aliphatic heterocycles. The van der Waals surface area contributed by atoms with Crippen LogP contribution in [-0.4, -0.2) is 17.2 Å². The van der Waals surface area contributed by atoms with Gasteiger partial charge in [0, 0.05) is 10.6 Å². The number of phenols is 1. The van der Waals surface area contributed by atoms with Gasteiger partial charge in [-0.1, -0.05) is 35.9 Å². The van der Waals surface area contributed by atoms with Gasteiger partial charge >= 0.3 is 0 Å². The van der Waals surface area contributed by atoms with E-state index in [9.17, 15) is 14.7 Å². The molecule has 1 aliphatic carbocycles. The molecule has 0 saturated heterocycles. The van der Waals surface area contributed by atoms with Gasteiger partial charge in [-0.05, 0) is 24.6 Å². The Bertz CT molecular complexity index is 575. The number of benzene rings is 1. The molecule has 0 spiro atoms. The zero-order valence-corrected chi connectivity index (χ0v) is 10.9. The Morgan fingerprint density at radius 3 is 2.84 bits per heavy atom. The standard InChI is InChI=1S/C15H13ClO3/c16-11-4-5-13(18)12(10-11)15(14(19)6-9-17)7-2-1-3-8-15/h1-5,7,9-10,18H,6,8H2. The summed E-state index contributed by atoms with van der Waals surface area (Å²) >= 11 is 5.95. The average Bonchev–Trinajstić information content (AvgIpc) is 2.42. The van der Waals surface area contributed by atoms with Crippen molar-refractivity contribution < 1.29 is 14.7 Å². The van der Waals surface area contributed by atoms with E-state index < -0.39 is 5.41 Å². The summed E-state index contributed by atoms with van der Waals surface area (Å²) in [7, 11) is 0. The van der Waals surface area contributed by atoms with E-state index in [2.05, 4.69) is 0 Å². The van der Waals surface area contributed by atoms with Crippen LogP contribution in [0, 0.1) is 0 Å². The summed E-state index contributed by atoms with van der Waals surface area (Å²) in [6.45, 7) is 0. The highest BCUT2D eigenvalue weighted by Gasteiger charge is 2.38. The number of hydrogen-bond acceptors (Lipinski definition) is 3. The van der Waals surface area contributed by atoms with E-state index in [-0.39, 0.29) is 18.0 Å². The van der Waals surface area contributed by atoms with Crippen molar-refractivity contribution in [2.75, 3.05) is 0 Å². The predicted octanol–water partition coefficient (Wildman–Crippen LogP) is 2.96. The molecule has 2 rings (SSSR count). The average molecular weight is 277 g/mol. The minimum absolute atomic E-state index is 0.00333. The van der Waals surface area contributed by atoms with Gasteiger partial charge in [0.2, 0.25) is 0 Å². The first kappa shape index (κ1) is 13.6. The molecule has 19 heavy (non-hydrogen) atoms. The van der Waals surface area contributed by atoms with Crippen molar-refractivity contribution in [1.82, 2.24) is 0 Å². The number of carbonyl (C=O) groups is 2. The van der Waals surface area contributed by atoms with Gasteiger partial charge in [0.15, 0.2) is 5.78 Å². The third-order valence-corrected chi connectivity index (χ3v) is 3.51. The topological polar surface area (TPSA) is 54.4 Å². The fourth-order valence-electron chi connectivity index (χ4n) is 2.30. The number of aldehydes is 1. The lowest BCUT2D eigenvalue weighted by molar-refractivity contribution is -0.125. The molecule has 98 valence electrons. The van der Waals surface area contributed by atoms with Crippen LogP contribution in [0.4, 0.5) is 0 Å². The number of halogens is 1. The number of phenolic OH excluding ortho intramolecular Hbond substituents is 1. The maximum absolute atomic E-state index is 12.3. The van der Waals surface area contributed by atoms with E-state index in [0.29, 0.717) is 23.3 Å².